The van der Waals surface area contributed by atoms with E-state index in [9.17, 15) is 9.90 Å². The summed E-state index contributed by atoms with van der Waals surface area (Å²) in [7, 11) is 2.14. The SMILES string of the molecule is CN1CCC[C@H]1c1nnc2ccc(O[C@@H]3CC[C@H](NC(=O)Nc4cc(C(C)(C)C)nn4-c4cccc(SCCO)c4)c4ccccc43)cn12. The first-order valence-corrected chi connectivity index (χ1v) is 18.0. The molecule has 1 aliphatic heterocycles. The number of anilines is 1. The molecule has 256 valence electrons. The van der Waals surface area contributed by atoms with Gasteiger partial charge in [-0.3, -0.25) is 14.6 Å². The average molecular weight is 681 g/mol. The molecule has 12 heteroatoms. The van der Waals surface area contributed by atoms with Crippen LogP contribution in [0.25, 0.3) is 11.3 Å². The van der Waals surface area contributed by atoms with Gasteiger partial charge in [0.15, 0.2) is 11.5 Å². The van der Waals surface area contributed by atoms with Gasteiger partial charge in [0.05, 0.1) is 36.3 Å². The molecule has 0 radical (unpaired) electrons. The first-order chi connectivity index (χ1) is 23.7. The normalized spacial score (nSPS) is 19.6. The predicted octanol–water partition coefficient (Wildman–Crippen LogP) is 6.84. The number of aromatic nitrogens is 5. The number of rotatable bonds is 9. The van der Waals surface area contributed by atoms with Crippen molar-refractivity contribution in [2.24, 2.45) is 0 Å². The van der Waals surface area contributed by atoms with E-state index in [2.05, 4.69) is 70.1 Å². The molecule has 0 bridgehead atoms. The lowest BCUT2D eigenvalue weighted by Gasteiger charge is -2.32. The van der Waals surface area contributed by atoms with Crippen molar-refractivity contribution in [3.63, 3.8) is 0 Å². The molecule has 2 aliphatic rings. The Kier molecular flexibility index (Phi) is 9.36. The molecular weight excluding hydrogens is 637 g/mol. The Hall–Kier alpha value is -4.39. The maximum absolute atomic E-state index is 13.6. The highest BCUT2D eigenvalue weighted by Crippen LogP contribution is 2.39. The number of amides is 2. The van der Waals surface area contributed by atoms with E-state index in [0.29, 0.717) is 11.6 Å². The zero-order valence-electron chi connectivity index (χ0n) is 28.5. The number of fused-ring (bicyclic) bond motifs is 2. The Morgan fingerprint density at radius 1 is 1.02 bits per heavy atom. The second-order valence-corrected chi connectivity index (χ2v) is 15.1. The van der Waals surface area contributed by atoms with Gasteiger partial charge >= 0.3 is 6.03 Å². The summed E-state index contributed by atoms with van der Waals surface area (Å²) in [5, 5.41) is 29.5. The van der Waals surface area contributed by atoms with Gasteiger partial charge in [-0.2, -0.15) is 5.10 Å². The molecule has 0 saturated carbocycles. The summed E-state index contributed by atoms with van der Waals surface area (Å²) < 4.78 is 10.5. The monoisotopic (exact) mass is 680 g/mol. The van der Waals surface area contributed by atoms with Crippen molar-refractivity contribution < 1.29 is 14.6 Å². The van der Waals surface area contributed by atoms with Crippen molar-refractivity contribution in [2.45, 2.75) is 75.0 Å². The molecule has 3 N–H and O–H groups in total. The van der Waals surface area contributed by atoms with E-state index in [1.807, 2.05) is 60.8 Å². The number of benzene rings is 2. The van der Waals surface area contributed by atoms with E-state index >= 15 is 0 Å². The molecule has 3 aromatic heterocycles. The van der Waals surface area contributed by atoms with Crippen molar-refractivity contribution in [3.05, 3.63) is 95.6 Å². The van der Waals surface area contributed by atoms with Crippen LogP contribution in [0.5, 0.6) is 5.75 Å². The highest BCUT2D eigenvalue weighted by atomic mass is 32.2. The lowest BCUT2D eigenvalue weighted by molar-refractivity contribution is 0.171. The van der Waals surface area contributed by atoms with Gasteiger partial charge in [0, 0.05) is 22.1 Å². The number of thioether (sulfide) groups is 1. The zero-order chi connectivity index (χ0) is 34.1. The molecule has 11 nitrogen and oxygen atoms in total. The van der Waals surface area contributed by atoms with Gasteiger partial charge in [0.25, 0.3) is 0 Å². The Bertz CT molecular complexity index is 1950. The second kappa shape index (κ2) is 13.9. The van der Waals surface area contributed by atoms with Gasteiger partial charge in [0.1, 0.15) is 17.7 Å². The molecule has 0 spiro atoms. The third-order valence-corrected chi connectivity index (χ3v) is 10.4. The summed E-state index contributed by atoms with van der Waals surface area (Å²) in [5.41, 5.74) is 4.41. The van der Waals surface area contributed by atoms with Gasteiger partial charge in [-0.1, -0.05) is 51.1 Å². The summed E-state index contributed by atoms with van der Waals surface area (Å²) in [6.45, 7) is 7.47. The molecule has 1 aliphatic carbocycles. The van der Waals surface area contributed by atoms with Crippen LogP contribution in [0.4, 0.5) is 10.6 Å². The molecule has 7 rings (SSSR count). The topological polar surface area (TPSA) is 122 Å². The number of carbonyl (C=O) groups is 1. The van der Waals surface area contributed by atoms with Crippen molar-refractivity contribution in [1.29, 1.82) is 0 Å². The lowest BCUT2D eigenvalue weighted by atomic mass is 9.85. The number of hydrogen-bond donors (Lipinski definition) is 3. The summed E-state index contributed by atoms with van der Waals surface area (Å²) >= 11 is 1.58. The highest BCUT2D eigenvalue weighted by molar-refractivity contribution is 7.99. The fourth-order valence-electron chi connectivity index (χ4n) is 6.82. The molecule has 1 fully saturated rings. The average Bonchev–Trinajstić information content (AvgIpc) is 3.83. The zero-order valence-corrected chi connectivity index (χ0v) is 29.3. The number of pyridine rings is 1. The third kappa shape index (κ3) is 7.03. The van der Waals surface area contributed by atoms with Crippen LogP contribution >= 0.6 is 11.8 Å². The van der Waals surface area contributed by atoms with E-state index in [0.717, 1.165) is 76.9 Å². The van der Waals surface area contributed by atoms with Crippen LogP contribution in [0.3, 0.4) is 0 Å². The molecule has 49 heavy (non-hydrogen) atoms. The smallest absolute Gasteiger partial charge is 0.320 e. The Morgan fingerprint density at radius 2 is 1.86 bits per heavy atom. The molecule has 3 atom stereocenters. The van der Waals surface area contributed by atoms with Crippen molar-refractivity contribution in [1.82, 2.24) is 34.6 Å². The van der Waals surface area contributed by atoms with Gasteiger partial charge < -0.3 is 15.2 Å². The molecule has 2 aromatic carbocycles. The number of urea groups is 1. The number of aliphatic hydroxyl groups is 1. The van der Waals surface area contributed by atoms with Crippen molar-refractivity contribution >= 4 is 29.3 Å². The first kappa shape index (κ1) is 33.1. The number of ether oxygens (including phenoxy) is 1. The number of hydrogen-bond acceptors (Lipinski definition) is 8. The molecule has 0 unspecified atom stereocenters. The van der Waals surface area contributed by atoms with E-state index in [1.54, 1.807) is 16.4 Å². The predicted molar refractivity (Wildman–Crippen MR) is 192 cm³/mol. The summed E-state index contributed by atoms with van der Waals surface area (Å²) in [5.74, 6) is 2.91. The Labute approximate surface area is 291 Å². The van der Waals surface area contributed by atoms with Gasteiger partial charge in [0.2, 0.25) is 0 Å². The van der Waals surface area contributed by atoms with E-state index in [1.165, 1.54) is 0 Å². The summed E-state index contributed by atoms with van der Waals surface area (Å²) in [6.07, 6.45) is 5.53. The second-order valence-electron chi connectivity index (χ2n) is 13.9. The third-order valence-electron chi connectivity index (χ3n) is 9.38. The van der Waals surface area contributed by atoms with Crippen molar-refractivity contribution in [3.8, 4) is 11.4 Å². The maximum atomic E-state index is 13.6. The maximum Gasteiger partial charge on any atom is 0.320 e. The van der Waals surface area contributed by atoms with Crippen LogP contribution < -0.4 is 15.4 Å². The van der Waals surface area contributed by atoms with Crippen LogP contribution in [0.2, 0.25) is 0 Å². The van der Waals surface area contributed by atoms with Crippen LogP contribution in [0, 0.1) is 0 Å². The Balaban J connectivity index is 1.09. The van der Waals surface area contributed by atoms with Crippen LogP contribution in [-0.4, -0.2) is 66.4 Å². The minimum atomic E-state index is -0.297. The quantitative estimate of drug-likeness (QED) is 0.145. The molecule has 5 aromatic rings. The van der Waals surface area contributed by atoms with E-state index < -0.39 is 0 Å². The summed E-state index contributed by atoms with van der Waals surface area (Å²) in [6, 6.07) is 21.8. The minimum absolute atomic E-state index is 0.104. The fraction of sp³-hybridized carbons (Fsp3) is 0.405. The number of carbonyl (C=O) groups excluding carboxylic acids is 1. The van der Waals surface area contributed by atoms with Crippen molar-refractivity contribution in [2.75, 3.05) is 31.3 Å². The van der Waals surface area contributed by atoms with Crippen LogP contribution in [-0.2, 0) is 5.41 Å². The number of aliphatic hydroxyl groups excluding tert-OH is 1. The van der Waals surface area contributed by atoms with Gasteiger partial charge in [-0.05, 0) is 80.7 Å². The van der Waals surface area contributed by atoms with Gasteiger partial charge in [-0.15, -0.1) is 22.0 Å². The standard InChI is InChI=1S/C37H44N8O3S/c1-37(2,3)32-22-34(45(42-32)24-9-7-10-26(21-24)49-20-19-46)39-36(47)38-29-15-16-31(28-12-6-5-11-27(28)29)48-25-14-17-33-40-41-35(44(33)23-25)30-13-8-18-43(30)4/h5-7,9-12,14,17,21-23,29-31,46H,8,13,15-16,18-20H2,1-4H3,(H2,38,39,47)/t29-,30-,31+/m0/s1. The van der Waals surface area contributed by atoms with E-state index in [4.69, 9.17) is 9.84 Å². The largest absolute Gasteiger partial charge is 0.484 e. The van der Waals surface area contributed by atoms with E-state index in [-0.39, 0.29) is 36.2 Å². The summed E-state index contributed by atoms with van der Waals surface area (Å²) in [4.78, 5) is 17.0. The Morgan fingerprint density at radius 3 is 2.63 bits per heavy atom. The van der Waals surface area contributed by atoms with Gasteiger partial charge in [-0.25, -0.2) is 9.48 Å². The fourth-order valence-corrected chi connectivity index (χ4v) is 7.53. The molecular formula is C37H44N8O3S. The van der Waals surface area contributed by atoms with Crippen LogP contribution in [0.15, 0.2) is 77.8 Å². The highest BCUT2D eigenvalue weighted by Gasteiger charge is 2.31. The molecule has 2 amide bonds. The van der Waals surface area contributed by atoms with Crippen LogP contribution in [0.1, 0.15) is 87.3 Å². The number of nitrogens with one attached hydrogen (secondary N) is 2. The number of nitrogens with zero attached hydrogens (tertiary/aromatic N) is 6. The molecule has 4 heterocycles. The number of likely N-dealkylation sites (tertiary alicyclic amines) is 1. The first-order valence-electron chi connectivity index (χ1n) is 17.0. The minimum Gasteiger partial charge on any atom is -0.484 e. The molecule has 1 saturated heterocycles. The lowest BCUT2D eigenvalue weighted by Crippen LogP contribution is -2.36.